The third kappa shape index (κ3) is 11.5. The summed E-state index contributed by atoms with van der Waals surface area (Å²) in [5.41, 5.74) is 9.54. The number of ether oxygens (including phenoxy) is 1. The van der Waals surface area contributed by atoms with Crippen LogP contribution in [-0.2, 0) is 0 Å². The van der Waals surface area contributed by atoms with Crippen molar-refractivity contribution in [3.05, 3.63) is 112 Å². The van der Waals surface area contributed by atoms with E-state index < -0.39 is 11.2 Å². The molecule has 2 aliphatic rings. The molecule has 0 aliphatic heterocycles. The molecule has 17 heteroatoms. The molecular formula is C50H58BrN11O5. The number of hydrogen-bond donors (Lipinski definition) is 7. The summed E-state index contributed by atoms with van der Waals surface area (Å²) in [5.74, 6) is 1.28. The molecule has 2 fully saturated rings. The van der Waals surface area contributed by atoms with Crippen molar-refractivity contribution in [3.8, 4) is 28.3 Å². The van der Waals surface area contributed by atoms with Crippen molar-refractivity contribution in [1.29, 1.82) is 0 Å². The number of carbonyl (C=O) groups is 2. The van der Waals surface area contributed by atoms with Crippen molar-refractivity contribution in [2.24, 2.45) is 0 Å². The summed E-state index contributed by atoms with van der Waals surface area (Å²) in [6.45, 7) is 13.6. The number of rotatable bonds is 15. The van der Waals surface area contributed by atoms with Crippen LogP contribution in [0, 0.1) is 20.8 Å². The number of aliphatic hydroxyl groups is 2. The predicted molar refractivity (Wildman–Crippen MR) is 266 cm³/mol. The molecule has 350 valence electrons. The third-order valence-corrected chi connectivity index (χ3v) is 11.8. The molecule has 2 amide bonds. The van der Waals surface area contributed by atoms with Crippen LogP contribution in [0.15, 0.2) is 83.7 Å². The van der Waals surface area contributed by atoms with E-state index in [2.05, 4.69) is 57.6 Å². The Bertz CT molecular complexity index is 2980. The average Bonchev–Trinajstić information content (AvgIpc) is 4.19. The van der Waals surface area contributed by atoms with Crippen molar-refractivity contribution in [2.45, 2.75) is 97.4 Å². The second kappa shape index (κ2) is 19.0. The Labute approximate surface area is 398 Å². The molecule has 0 unspecified atom stereocenters. The molecule has 9 rings (SSSR count). The third-order valence-electron chi connectivity index (χ3n) is 11.4. The van der Waals surface area contributed by atoms with Crippen LogP contribution in [0.25, 0.3) is 33.8 Å². The van der Waals surface area contributed by atoms with E-state index in [-0.39, 0.29) is 11.8 Å². The van der Waals surface area contributed by atoms with E-state index in [1.54, 1.807) is 56.2 Å². The van der Waals surface area contributed by atoms with Gasteiger partial charge in [0.1, 0.15) is 10.4 Å². The molecule has 0 bridgehead atoms. The number of benzene rings is 3. The first-order valence-corrected chi connectivity index (χ1v) is 23.2. The van der Waals surface area contributed by atoms with Gasteiger partial charge in [-0.05, 0) is 143 Å². The van der Waals surface area contributed by atoms with Crippen LogP contribution in [0.3, 0.4) is 0 Å². The fourth-order valence-corrected chi connectivity index (χ4v) is 7.77. The Morgan fingerprint density at radius 1 is 0.672 bits per heavy atom. The van der Waals surface area contributed by atoms with Crippen LogP contribution >= 0.6 is 15.9 Å². The number of anilines is 4. The minimum absolute atomic E-state index is 0.0198. The fourth-order valence-electron chi connectivity index (χ4n) is 7.38. The summed E-state index contributed by atoms with van der Waals surface area (Å²) in [5, 5.41) is 45.8. The predicted octanol–water partition coefficient (Wildman–Crippen LogP) is 8.38. The van der Waals surface area contributed by atoms with Gasteiger partial charge in [-0.2, -0.15) is 5.10 Å². The Morgan fingerprint density at radius 3 is 1.63 bits per heavy atom. The van der Waals surface area contributed by atoms with Crippen molar-refractivity contribution in [3.63, 3.8) is 0 Å². The zero-order valence-corrected chi connectivity index (χ0v) is 40.7. The first-order valence-electron chi connectivity index (χ1n) is 22.4. The average molecular weight is 973 g/mol. The fraction of sp³-hybridized carbons (Fsp3) is 0.360. The highest BCUT2D eigenvalue weighted by atomic mass is 79.9. The lowest BCUT2D eigenvalue weighted by molar-refractivity contribution is 0.0939. The van der Waals surface area contributed by atoms with Crippen molar-refractivity contribution in [1.82, 2.24) is 39.8 Å². The van der Waals surface area contributed by atoms with Gasteiger partial charge in [-0.25, -0.2) is 19.0 Å². The number of aromatic nitrogens is 6. The lowest BCUT2D eigenvalue weighted by Crippen LogP contribution is -2.29. The van der Waals surface area contributed by atoms with Gasteiger partial charge in [0.15, 0.2) is 17.1 Å². The van der Waals surface area contributed by atoms with E-state index in [0.29, 0.717) is 58.0 Å². The van der Waals surface area contributed by atoms with Gasteiger partial charge in [-0.3, -0.25) is 9.59 Å². The number of nitrogens with zero attached hydrogens (tertiary/aromatic N) is 6. The van der Waals surface area contributed by atoms with E-state index in [1.807, 2.05) is 87.5 Å². The smallest absolute Gasteiger partial charge is 0.251 e. The maximum Gasteiger partial charge on any atom is 0.251 e. The van der Waals surface area contributed by atoms with Crippen LogP contribution < -0.4 is 31.3 Å². The summed E-state index contributed by atoms with van der Waals surface area (Å²) < 4.78 is 9.59. The molecule has 67 heavy (non-hydrogen) atoms. The molecule has 0 atom stereocenters. The Kier molecular flexibility index (Phi) is 13.3. The number of carbonyl (C=O) groups excluding carboxylic acids is 2. The number of nitrogens with one attached hydrogen (secondary N) is 5. The second-order valence-corrected chi connectivity index (χ2v) is 19.6. The van der Waals surface area contributed by atoms with Gasteiger partial charge in [0.2, 0.25) is 0 Å². The van der Waals surface area contributed by atoms with Crippen LogP contribution in [0.4, 0.5) is 22.9 Å². The van der Waals surface area contributed by atoms with Crippen LogP contribution in [0.2, 0.25) is 0 Å². The summed E-state index contributed by atoms with van der Waals surface area (Å²) in [6, 6.07) is 21.7. The number of imidazole rings is 2. The van der Waals surface area contributed by atoms with Gasteiger partial charge in [0.05, 0.1) is 53.5 Å². The largest absolute Gasteiger partial charge is 0.497 e. The second-order valence-electron chi connectivity index (χ2n) is 18.8. The molecule has 2 aliphatic carbocycles. The standard InChI is InChI=1S/C29H34N6O3.C21H24BrN5O2/c1-17-6-10-21(38-5)13-23(17)33-26-14-24(31-16-29(3,4)37)27-30-15-25(35(27)34-26)19-7-11-22(18(2)12-19)28(36)32-20-8-9-20;1-12-8-13(4-7-15(12)20(28)25-14-5-6-14)17-10-23-19-16(24-11-21(2,3)29)9-18(22)26-27(17)19/h6-7,10-15,20,31,37H,8-9,16H2,1-5H3,(H,32,36)(H,33,34);4,7-10,14,24,29H,5-6,11H2,1-3H3,(H,25,28). The van der Waals surface area contributed by atoms with Crippen LogP contribution in [0.1, 0.15) is 90.8 Å². The minimum Gasteiger partial charge on any atom is -0.497 e. The van der Waals surface area contributed by atoms with Gasteiger partial charge < -0.3 is 41.5 Å². The molecule has 4 aromatic heterocycles. The van der Waals surface area contributed by atoms with Crippen LogP contribution in [0.5, 0.6) is 5.75 Å². The highest BCUT2D eigenvalue weighted by molar-refractivity contribution is 9.10. The molecule has 16 nitrogen and oxygen atoms in total. The molecule has 3 aromatic carbocycles. The van der Waals surface area contributed by atoms with E-state index >= 15 is 0 Å². The number of hydrogen-bond acceptors (Lipinski definition) is 12. The molecule has 7 aromatic rings. The van der Waals surface area contributed by atoms with Gasteiger partial charge in [0, 0.05) is 65.2 Å². The normalized spacial score (nSPS) is 13.8. The minimum atomic E-state index is -0.916. The maximum absolute atomic E-state index is 12.6. The van der Waals surface area contributed by atoms with Gasteiger partial charge in [-0.1, -0.05) is 18.2 Å². The summed E-state index contributed by atoms with van der Waals surface area (Å²) >= 11 is 3.45. The van der Waals surface area contributed by atoms with Gasteiger partial charge in [-0.15, -0.1) is 5.10 Å². The lowest BCUT2D eigenvalue weighted by atomic mass is 10.0. The Morgan fingerprint density at radius 2 is 1.16 bits per heavy atom. The van der Waals surface area contributed by atoms with Crippen molar-refractivity contribution >= 4 is 61.9 Å². The molecule has 2 saturated carbocycles. The number of aryl methyl sites for hydroxylation is 3. The first-order chi connectivity index (χ1) is 31.8. The molecule has 4 heterocycles. The maximum atomic E-state index is 12.6. The Balaban J connectivity index is 0.000000188. The molecule has 0 saturated heterocycles. The molecular weight excluding hydrogens is 915 g/mol. The first kappa shape index (κ1) is 47.0. The van der Waals surface area contributed by atoms with E-state index in [4.69, 9.17) is 9.84 Å². The van der Waals surface area contributed by atoms with Crippen molar-refractivity contribution in [2.75, 3.05) is 36.1 Å². The summed E-state index contributed by atoms with van der Waals surface area (Å²) in [7, 11) is 1.64. The molecule has 0 radical (unpaired) electrons. The highest BCUT2D eigenvalue weighted by Crippen LogP contribution is 2.32. The van der Waals surface area contributed by atoms with Gasteiger partial charge in [0.25, 0.3) is 11.8 Å². The van der Waals surface area contributed by atoms with Gasteiger partial charge >= 0.3 is 0 Å². The quantitative estimate of drug-likeness (QED) is 0.0518. The zero-order chi connectivity index (χ0) is 47.8. The van der Waals surface area contributed by atoms with E-state index in [1.165, 1.54) is 0 Å². The number of fused-ring (bicyclic) bond motifs is 2. The van der Waals surface area contributed by atoms with E-state index in [0.717, 1.165) is 87.7 Å². The number of methoxy groups -OCH3 is 1. The lowest BCUT2D eigenvalue weighted by Gasteiger charge is -2.19. The number of halogens is 1. The Hall–Kier alpha value is -6.56. The summed E-state index contributed by atoms with van der Waals surface area (Å²) in [6.07, 6.45) is 7.77. The highest BCUT2D eigenvalue weighted by Gasteiger charge is 2.26. The zero-order valence-electron chi connectivity index (χ0n) is 39.1. The topological polar surface area (TPSA) is 204 Å². The summed E-state index contributed by atoms with van der Waals surface area (Å²) in [4.78, 5) is 34.2. The van der Waals surface area contributed by atoms with Crippen LogP contribution in [-0.4, -0.2) is 94.7 Å². The molecule has 7 N–H and O–H groups in total. The molecule has 0 spiro atoms. The van der Waals surface area contributed by atoms with Crippen molar-refractivity contribution < 1.29 is 24.5 Å². The van der Waals surface area contributed by atoms with E-state index in [9.17, 15) is 19.8 Å². The monoisotopic (exact) mass is 971 g/mol. The SMILES string of the molecule is COc1ccc(C)c(Nc2cc(NCC(C)(C)O)c3ncc(-c4ccc(C(=O)NC5CC5)c(C)c4)n3n2)c1.Cc1cc(-c2cnc3c(NCC(C)(C)O)cc(Br)nn23)ccc1C(=O)NC1CC1. The number of amides is 2.